The Morgan fingerprint density at radius 2 is 1.50 bits per heavy atom. The zero-order valence-electron chi connectivity index (χ0n) is 15.5. The third-order valence-corrected chi connectivity index (χ3v) is 4.54. The van der Waals surface area contributed by atoms with Gasteiger partial charge in [0.15, 0.2) is 0 Å². The van der Waals surface area contributed by atoms with Crippen LogP contribution in [0.5, 0.6) is 0 Å². The van der Waals surface area contributed by atoms with Gasteiger partial charge in [-0.2, -0.15) is 0 Å². The van der Waals surface area contributed by atoms with Crippen molar-refractivity contribution in [2.75, 3.05) is 26.2 Å². The molecule has 2 rings (SSSR count). The molecular formula is C20H30N2O2. The highest BCUT2D eigenvalue weighted by atomic mass is 16.2. The van der Waals surface area contributed by atoms with Crippen molar-refractivity contribution >= 4 is 11.8 Å². The van der Waals surface area contributed by atoms with Crippen LogP contribution in [-0.4, -0.2) is 47.8 Å². The van der Waals surface area contributed by atoms with Crippen molar-refractivity contribution in [3.05, 3.63) is 35.4 Å². The van der Waals surface area contributed by atoms with E-state index in [1.165, 1.54) is 11.1 Å². The highest BCUT2D eigenvalue weighted by molar-refractivity contribution is 5.79. The molecule has 1 aromatic carbocycles. The number of nitrogens with zero attached hydrogens (tertiary/aromatic N) is 2. The maximum atomic E-state index is 12.4. The van der Waals surface area contributed by atoms with Crippen LogP contribution in [0.1, 0.15) is 44.7 Å². The van der Waals surface area contributed by atoms with Gasteiger partial charge in [0.1, 0.15) is 0 Å². The second-order valence-electron chi connectivity index (χ2n) is 7.93. The van der Waals surface area contributed by atoms with Gasteiger partial charge in [-0.05, 0) is 29.9 Å². The van der Waals surface area contributed by atoms with Crippen LogP contribution in [0, 0.1) is 12.3 Å². The van der Waals surface area contributed by atoms with E-state index in [9.17, 15) is 9.59 Å². The first-order valence-corrected chi connectivity index (χ1v) is 8.86. The largest absolute Gasteiger partial charge is 0.339 e. The van der Waals surface area contributed by atoms with Gasteiger partial charge in [0.05, 0.1) is 0 Å². The Kier molecular flexibility index (Phi) is 6.03. The van der Waals surface area contributed by atoms with Gasteiger partial charge in [0.2, 0.25) is 11.8 Å². The number of piperazine rings is 1. The molecule has 0 radical (unpaired) electrons. The standard InChI is InChI=1S/C20H30N2O2/c1-16-7-5-6-8-17(16)9-10-18(23)21-11-13-22(14-12-21)19(24)15-20(2,3)4/h5-8H,9-15H2,1-4H3. The number of rotatable bonds is 4. The topological polar surface area (TPSA) is 40.6 Å². The monoisotopic (exact) mass is 330 g/mol. The molecule has 1 saturated heterocycles. The van der Waals surface area contributed by atoms with Crippen LogP contribution in [-0.2, 0) is 16.0 Å². The van der Waals surface area contributed by atoms with Gasteiger partial charge in [0, 0.05) is 39.0 Å². The summed E-state index contributed by atoms with van der Waals surface area (Å²) in [7, 11) is 0. The third kappa shape index (κ3) is 5.36. The minimum atomic E-state index is 0.0115. The number of hydrogen-bond donors (Lipinski definition) is 0. The Morgan fingerprint density at radius 1 is 0.958 bits per heavy atom. The van der Waals surface area contributed by atoms with E-state index in [0.29, 0.717) is 39.0 Å². The molecule has 24 heavy (non-hydrogen) atoms. The molecule has 1 aliphatic heterocycles. The second-order valence-corrected chi connectivity index (χ2v) is 7.93. The fourth-order valence-corrected chi connectivity index (χ4v) is 3.06. The van der Waals surface area contributed by atoms with Crippen molar-refractivity contribution in [1.82, 2.24) is 9.80 Å². The summed E-state index contributed by atoms with van der Waals surface area (Å²) in [6, 6.07) is 8.21. The number of carbonyl (C=O) groups excluding carboxylic acids is 2. The first kappa shape index (κ1) is 18.5. The molecule has 2 amide bonds. The summed E-state index contributed by atoms with van der Waals surface area (Å²) in [6.45, 7) is 10.9. The Hall–Kier alpha value is -1.84. The molecular weight excluding hydrogens is 300 g/mol. The maximum Gasteiger partial charge on any atom is 0.223 e. The van der Waals surface area contributed by atoms with Crippen molar-refractivity contribution < 1.29 is 9.59 Å². The zero-order valence-corrected chi connectivity index (χ0v) is 15.5. The highest BCUT2D eigenvalue weighted by Gasteiger charge is 2.26. The molecule has 132 valence electrons. The molecule has 0 N–H and O–H groups in total. The number of benzene rings is 1. The van der Waals surface area contributed by atoms with Gasteiger partial charge in [-0.15, -0.1) is 0 Å². The summed E-state index contributed by atoms with van der Waals surface area (Å²) in [6.07, 6.45) is 1.89. The lowest BCUT2D eigenvalue weighted by Gasteiger charge is -2.36. The summed E-state index contributed by atoms with van der Waals surface area (Å²) >= 11 is 0. The van der Waals surface area contributed by atoms with Crippen LogP contribution in [0.2, 0.25) is 0 Å². The summed E-state index contributed by atoms with van der Waals surface area (Å²) in [5.41, 5.74) is 2.49. The molecule has 1 heterocycles. The van der Waals surface area contributed by atoms with E-state index >= 15 is 0 Å². The lowest BCUT2D eigenvalue weighted by Crippen LogP contribution is -2.51. The lowest BCUT2D eigenvalue weighted by atomic mass is 9.91. The molecule has 0 atom stereocenters. The number of amides is 2. The summed E-state index contributed by atoms with van der Waals surface area (Å²) in [4.78, 5) is 28.5. The highest BCUT2D eigenvalue weighted by Crippen LogP contribution is 2.20. The van der Waals surface area contributed by atoms with E-state index in [0.717, 1.165) is 6.42 Å². The second kappa shape index (κ2) is 7.82. The Labute approximate surface area is 145 Å². The summed E-state index contributed by atoms with van der Waals surface area (Å²) in [5, 5.41) is 0. The summed E-state index contributed by atoms with van der Waals surface area (Å²) in [5.74, 6) is 0.399. The van der Waals surface area contributed by atoms with Gasteiger partial charge in [-0.1, -0.05) is 45.0 Å². The first-order valence-electron chi connectivity index (χ1n) is 8.86. The molecule has 4 heteroatoms. The van der Waals surface area contributed by atoms with E-state index < -0.39 is 0 Å². The van der Waals surface area contributed by atoms with E-state index in [2.05, 4.69) is 39.8 Å². The molecule has 1 aromatic rings. The van der Waals surface area contributed by atoms with Gasteiger partial charge >= 0.3 is 0 Å². The van der Waals surface area contributed by atoms with E-state index in [1.54, 1.807) is 0 Å². The SMILES string of the molecule is Cc1ccccc1CCC(=O)N1CCN(C(=O)CC(C)(C)C)CC1. The average Bonchev–Trinajstić information content (AvgIpc) is 2.52. The van der Waals surface area contributed by atoms with Gasteiger partial charge in [0.25, 0.3) is 0 Å². The van der Waals surface area contributed by atoms with Crippen molar-refractivity contribution in [2.24, 2.45) is 5.41 Å². The minimum Gasteiger partial charge on any atom is -0.339 e. The van der Waals surface area contributed by atoms with Gasteiger partial charge in [-0.25, -0.2) is 0 Å². The molecule has 4 nitrogen and oxygen atoms in total. The van der Waals surface area contributed by atoms with Crippen LogP contribution in [0.25, 0.3) is 0 Å². The van der Waals surface area contributed by atoms with Crippen LogP contribution in [0.15, 0.2) is 24.3 Å². The molecule has 0 aromatic heterocycles. The fourth-order valence-electron chi connectivity index (χ4n) is 3.06. The van der Waals surface area contributed by atoms with Gasteiger partial charge in [-0.3, -0.25) is 9.59 Å². The molecule has 0 spiro atoms. The number of aryl methyl sites for hydroxylation is 2. The fraction of sp³-hybridized carbons (Fsp3) is 0.600. The van der Waals surface area contributed by atoms with Crippen LogP contribution < -0.4 is 0 Å². The predicted molar refractivity (Wildman–Crippen MR) is 96.7 cm³/mol. The van der Waals surface area contributed by atoms with Crippen LogP contribution >= 0.6 is 0 Å². The van der Waals surface area contributed by atoms with Crippen LogP contribution in [0.4, 0.5) is 0 Å². The molecule has 0 unspecified atom stereocenters. The first-order chi connectivity index (χ1) is 11.3. The average molecular weight is 330 g/mol. The molecule has 1 aliphatic rings. The number of hydrogen-bond acceptors (Lipinski definition) is 2. The molecule has 0 bridgehead atoms. The van der Waals surface area contributed by atoms with E-state index in [1.807, 2.05) is 21.9 Å². The van der Waals surface area contributed by atoms with Crippen molar-refractivity contribution in [3.63, 3.8) is 0 Å². The van der Waals surface area contributed by atoms with Crippen molar-refractivity contribution in [1.29, 1.82) is 0 Å². The lowest BCUT2D eigenvalue weighted by molar-refractivity contribution is -0.140. The Balaban J connectivity index is 1.78. The van der Waals surface area contributed by atoms with Gasteiger partial charge < -0.3 is 9.80 Å². The molecule has 1 fully saturated rings. The summed E-state index contributed by atoms with van der Waals surface area (Å²) < 4.78 is 0. The Morgan fingerprint density at radius 3 is 2.04 bits per heavy atom. The third-order valence-electron chi connectivity index (χ3n) is 4.54. The number of carbonyl (C=O) groups is 2. The van der Waals surface area contributed by atoms with Crippen molar-refractivity contribution in [3.8, 4) is 0 Å². The molecule has 0 aliphatic carbocycles. The van der Waals surface area contributed by atoms with E-state index in [-0.39, 0.29) is 17.2 Å². The normalized spacial score (nSPS) is 15.5. The quantitative estimate of drug-likeness (QED) is 0.851. The Bertz CT molecular complexity index is 582. The van der Waals surface area contributed by atoms with E-state index in [4.69, 9.17) is 0 Å². The molecule has 0 saturated carbocycles. The van der Waals surface area contributed by atoms with Crippen LogP contribution in [0.3, 0.4) is 0 Å². The zero-order chi connectivity index (χ0) is 17.7. The predicted octanol–water partition coefficient (Wildman–Crippen LogP) is 3.03. The smallest absolute Gasteiger partial charge is 0.223 e. The minimum absolute atomic E-state index is 0.0115. The van der Waals surface area contributed by atoms with Crippen molar-refractivity contribution in [2.45, 2.75) is 47.0 Å². The maximum absolute atomic E-state index is 12.4.